The molecule has 20 heavy (non-hydrogen) atoms. The number of rotatable bonds is 4. The number of hydrogen-bond donors (Lipinski definition) is 0. The van der Waals surface area contributed by atoms with E-state index in [1.165, 1.54) is 6.07 Å². The minimum atomic E-state index is -0.895. The van der Waals surface area contributed by atoms with Gasteiger partial charge in [0.05, 0.1) is 10.0 Å². The molecule has 0 fully saturated rings. The van der Waals surface area contributed by atoms with Crippen LogP contribution in [-0.4, -0.2) is 12.4 Å². The molecule has 0 heterocycles. The van der Waals surface area contributed by atoms with Gasteiger partial charge in [-0.25, -0.2) is 8.78 Å². The number of hydrogen-bond acceptors (Lipinski definition) is 2. The van der Waals surface area contributed by atoms with Gasteiger partial charge >= 0.3 is 0 Å². The second-order valence-corrected chi connectivity index (χ2v) is 5.65. The largest absolute Gasteiger partial charge is 0.484 e. The third kappa shape index (κ3) is 3.43. The van der Waals surface area contributed by atoms with E-state index in [1.807, 2.05) is 0 Å². The first kappa shape index (κ1) is 15.1. The SMILES string of the molecule is O=C(COc1ccc(Br)cc1Br)c1c(F)cccc1F. The Bertz CT molecular complexity index is 639. The van der Waals surface area contributed by atoms with E-state index in [4.69, 9.17) is 4.74 Å². The van der Waals surface area contributed by atoms with Crippen LogP contribution < -0.4 is 4.74 Å². The maximum atomic E-state index is 13.4. The third-order valence-corrected chi connectivity index (χ3v) is 3.61. The number of halogens is 4. The minimum absolute atomic E-state index is 0.415. The Kier molecular flexibility index (Phi) is 4.88. The molecule has 0 saturated carbocycles. The maximum Gasteiger partial charge on any atom is 0.206 e. The Labute approximate surface area is 131 Å². The number of ketones is 1. The van der Waals surface area contributed by atoms with Crippen LogP contribution in [0.25, 0.3) is 0 Å². The maximum absolute atomic E-state index is 13.4. The Morgan fingerprint density at radius 3 is 2.35 bits per heavy atom. The van der Waals surface area contributed by atoms with Crippen molar-refractivity contribution < 1.29 is 18.3 Å². The third-order valence-electron chi connectivity index (χ3n) is 2.49. The molecule has 0 aliphatic heterocycles. The molecule has 0 spiro atoms. The highest BCUT2D eigenvalue weighted by Crippen LogP contribution is 2.28. The second-order valence-electron chi connectivity index (χ2n) is 3.88. The number of ether oxygens (including phenoxy) is 1. The first-order valence-corrected chi connectivity index (χ1v) is 7.12. The number of benzene rings is 2. The van der Waals surface area contributed by atoms with Crippen molar-refractivity contribution in [2.45, 2.75) is 0 Å². The van der Waals surface area contributed by atoms with Crippen LogP contribution in [0.5, 0.6) is 5.75 Å². The second kappa shape index (κ2) is 6.45. The Balaban J connectivity index is 2.13. The zero-order valence-corrected chi connectivity index (χ0v) is 13.2. The lowest BCUT2D eigenvalue weighted by molar-refractivity contribution is 0.0912. The molecule has 2 nitrogen and oxygen atoms in total. The highest BCUT2D eigenvalue weighted by Gasteiger charge is 2.17. The van der Waals surface area contributed by atoms with E-state index in [1.54, 1.807) is 18.2 Å². The van der Waals surface area contributed by atoms with Crippen molar-refractivity contribution in [3.63, 3.8) is 0 Å². The molecule has 104 valence electrons. The zero-order chi connectivity index (χ0) is 14.7. The molecule has 6 heteroatoms. The van der Waals surface area contributed by atoms with Crippen molar-refractivity contribution in [1.29, 1.82) is 0 Å². The van der Waals surface area contributed by atoms with Gasteiger partial charge in [0.1, 0.15) is 17.4 Å². The zero-order valence-electron chi connectivity index (χ0n) is 10.00. The lowest BCUT2D eigenvalue weighted by Crippen LogP contribution is -2.15. The van der Waals surface area contributed by atoms with Crippen molar-refractivity contribution in [3.8, 4) is 5.75 Å². The summed E-state index contributed by atoms with van der Waals surface area (Å²) < 4.78 is 33.6. The van der Waals surface area contributed by atoms with Gasteiger partial charge < -0.3 is 4.74 Å². The lowest BCUT2D eigenvalue weighted by Gasteiger charge is -2.08. The Morgan fingerprint density at radius 1 is 1.10 bits per heavy atom. The van der Waals surface area contributed by atoms with Gasteiger partial charge in [-0.1, -0.05) is 22.0 Å². The molecule has 0 N–H and O–H groups in total. The number of carbonyl (C=O) groups excluding carboxylic acids is 1. The van der Waals surface area contributed by atoms with Crippen LogP contribution in [0, 0.1) is 11.6 Å². The number of Topliss-reactive ketones (excluding diaryl/α,β-unsaturated/α-hetero) is 1. The standard InChI is InChI=1S/C14H8Br2F2O2/c15-8-4-5-13(9(16)6-8)20-7-12(19)14-10(17)2-1-3-11(14)18/h1-6H,7H2. The average Bonchev–Trinajstić information content (AvgIpc) is 2.37. The summed E-state index contributed by atoms with van der Waals surface area (Å²) in [6.07, 6.45) is 0. The Hall–Kier alpha value is -1.27. The fourth-order valence-electron chi connectivity index (χ4n) is 1.57. The molecule has 0 radical (unpaired) electrons. The van der Waals surface area contributed by atoms with E-state index >= 15 is 0 Å². The molecule has 0 unspecified atom stereocenters. The summed E-state index contributed by atoms with van der Waals surface area (Å²) in [5, 5.41) is 0. The van der Waals surface area contributed by atoms with Gasteiger partial charge in [0.2, 0.25) is 5.78 Å². The van der Waals surface area contributed by atoms with Crippen molar-refractivity contribution in [1.82, 2.24) is 0 Å². The Morgan fingerprint density at radius 2 is 1.75 bits per heavy atom. The normalized spacial score (nSPS) is 10.4. The van der Waals surface area contributed by atoms with E-state index < -0.39 is 29.6 Å². The fourth-order valence-corrected chi connectivity index (χ4v) is 2.73. The van der Waals surface area contributed by atoms with Crippen molar-refractivity contribution in [3.05, 3.63) is 62.5 Å². The van der Waals surface area contributed by atoms with Crippen LogP contribution in [-0.2, 0) is 0 Å². The molecule has 0 saturated heterocycles. The summed E-state index contributed by atoms with van der Waals surface area (Å²) in [5.41, 5.74) is -0.583. The van der Waals surface area contributed by atoms with Gasteiger partial charge in [0.25, 0.3) is 0 Å². The molecular formula is C14H8Br2F2O2. The molecule has 2 aromatic rings. The molecule has 0 bridgehead atoms. The first-order valence-electron chi connectivity index (χ1n) is 5.54. The van der Waals surface area contributed by atoms with Crippen LogP contribution in [0.2, 0.25) is 0 Å². The van der Waals surface area contributed by atoms with Crippen molar-refractivity contribution >= 4 is 37.6 Å². The van der Waals surface area contributed by atoms with Gasteiger partial charge in [0.15, 0.2) is 6.61 Å². The fraction of sp³-hybridized carbons (Fsp3) is 0.0714. The summed E-state index contributed by atoms with van der Waals surface area (Å²) in [6, 6.07) is 8.38. The van der Waals surface area contributed by atoms with Crippen molar-refractivity contribution in [2.75, 3.05) is 6.61 Å². The first-order chi connectivity index (χ1) is 9.49. The van der Waals surface area contributed by atoms with Crippen LogP contribution in [0.4, 0.5) is 8.78 Å². The molecule has 0 amide bonds. The molecule has 2 rings (SSSR count). The molecule has 0 atom stereocenters. The van der Waals surface area contributed by atoms with E-state index in [2.05, 4.69) is 31.9 Å². The van der Waals surface area contributed by atoms with Gasteiger partial charge in [-0.15, -0.1) is 0 Å². The van der Waals surface area contributed by atoms with E-state index in [0.29, 0.717) is 10.2 Å². The lowest BCUT2D eigenvalue weighted by atomic mass is 10.1. The van der Waals surface area contributed by atoms with E-state index in [0.717, 1.165) is 16.6 Å². The minimum Gasteiger partial charge on any atom is -0.484 e. The van der Waals surface area contributed by atoms with E-state index in [9.17, 15) is 13.6 Å². The topological polar surface area (TPSA) is 26.3 Å². The molecule has 0 aliphatic rings. The molecule has 2 aromatic carbocycles. The molecule has 0 aliphatic carbocycles. The molecule has 0 aromatic heterocycles. The van der Waals surface area contributed by atoms with Crippen LogP contribution >= 0.6 is 31.9 Å². The summed E-state index contributed by atoms with van der Waals surface area (Å²) in [7, 11) is 0. The quantitative estimate of drug-likeness (QED) is 0.686. The summed E-state index contributed by atoms with van der Waals surface area (Å²) in [6.45, 7) is -0.446. The van der Waals surface area contributed by atoms with Gasteiger partial charge in [0, 0.05) is 4.47 Å². The number of carbonyl (C=O) groups is 1. The predicted molar refractivity (Wildman–Crippen MR) is 78.0 cm³/mol. The van der Waals surface area contributed by atoms with Gasteiger partial charge in [-0.3, -0.25) is 4.79 Å². The highest BCUT2D eigenvalue weighted by molar-refractivity contribution is 9.11. The van der Waals surface area contributed by atoms with Gasteiger partial charge in [-0.05, 0) is 46.3 Å². The summed E-state index contributed by atoms with van der Waals surface area (Å²) in [4.78, 5) is 11.8. The average molecular weight is 406 g/mol. The molecular weight excluding hydrogens is 398 g/mol. The van der Waals surface area contributed by atoms with E-state index in [-0.39, 0.29) is 0 Å². The van der Waals surface area contributed by atoms with Crippen LogP contribution in [0.1, 0.15) is 10.4 Å². The predicted octanol–water partition coefficient (Wildman–Crippen LogP) is 4.75. The smallest absolute Gasteiger partial charge is 0.206 e. The van der Waals surface area contributed by atoms with Crippen LogP contribution in [0.3, 0.4) is 0 Å². The summed E-state index contributed by atoms with van der Waals surface area (Å²) >= 11 is 6.55. The van der Waals surface area contributed by atoms with Crippen molar-refractivity contribution in [2.24, 2.45) is 0 Å². The highest BCUT2D eigenvalue weighted by atomic mass is 79.9. The summed E-state index contributed by atoms with van der Waals surface area (Å²) in [5.74, 6) is -2.13. The monoisotopic (exact) mass is 404 g/mol. The van der Waals surface area contributed by atoms with Crippen LogP contribution in [0.15, 0.2) is 45.3 Å². The van der Waals surface area contributed by atoms with Gasteiger partial charge in [-0.2, -0.15) is 0 Å².